The summed E-state index contributed by atoms with van der Waals surface area (Å²) in [6.45, 7) is 3.58. The van der Waals surface area contributed by atoms with Gasteiger partial charge in [-0.25, -0.2) is 5.43 Å². The summed E-state index contributed by atoms with van der Waals surface area (Å²) in [5, 5.41) is 6.44. The molecule has 0 heterocycles. The van der Waals surface area contributed by atoms with E-state index in [1.54, 1.807) is 20.1 Å². The average Bonchev–Trinajstić information content (AvgIpc) is 2.36. The molecule has 0 aromatic heterocycles. The average molecular weight is 263 g/mol. The largest absolute Gasteiger partial charge is 0.495 e. The number of amides is 2. The van der Waals surface area contributed by atoms with Crippen molar-refractivity contribution in [3.63, 3.8) is 0 Å². The summed E-state index contributed by atoms with van der Waals surface area (Å²) in [7, 11) is 1.54. The Kier molecular flexibility index (Phi) is 5.53. The van der Waals surface area contributed by atoms with Crippen molar-refractivity contribution in [1.82, 2.24) is 5.43 Å². The van der Waals surface area contributed by atoms with Crippen molar-refractivity contribution in [2.45, 2.75) is 20.3 Å². The van der Waals surface area contributed by atoms with Gasteiger partial charge < -0.3 is 10.1 Å². The van der Waals surface area contributed by atoms with Crippen LogP contribution >= 0.6 is 0 Å². The van der Waals surface area contributed by atoms with Gasteiger partial charge in [0, 0.05) is 5.71 Å². The molecule has 2 N–H and O–H groups in total. The summed E-state index contributed by atoms with van der Waals surface area (Å²) < 4.78 is 5.17. The third kappa shape index (κ3) is 4.79. The fraction of sp³-hybridized carbons (Fsp3) is 0.308. The van der Waals surface area contributed by atoms with Crippen molar-refractivity contribution in [2.24, 2.45) is 5.10 Å². The van der Waals surface area contributed by atoms with Gasteiger partial charge in [-0.2, -0.15) is 5.10 Å². The molecule has 1 aromatic carbocycles. The van der Waals surface area contributed by atoms with Gasteiger partial charge in [0.15, 0.2) is 0 Å². The van der Waals surface area contributed by atoms with Gasteiger partial charge in [-0.15, -0.1) is 0 Å². The first kappa shape index (κ1) is 14.7. The molecule has 0 aliphatic carbocycles. The first-order valence-corrected chi connectivity index (χ1v) is 5.73. The van der Waals surface area contributed by atoms with Crippen LogP contribution in [-0.2, 0) is 9.59 Å². The second-order valence-electron chi connectivity index (χ2n) is 4.02. The van der Waals surface area contributed by atoms with Crippen molar-refractivity contribution in [3.05, 3.63) is 23.8 Å². The minimum atomic E-state index is -0.224. The Balaban J connectivity index is 2.71. The number of rotatable bonds is 6. The number of carbonyl (C=O) groups is 2. The number of methoxy groups -OCH3 is 1. The standard InChI is InChI=1S/C13H17N3O3/c1-9-4-5-12(19-3)11(6-9)15-13(18)7-10(2)16-14-8-17/h4-6,8H,7H2,1-3H3,(H,14,17)(H,15,18)/b16-10+. The number of aryl methyl sites for hydroxylation is 1. The molecule has 0 aliphatic heterocycles. The number of anilines is 1. The fourth-order valence-electron chi connectivity index (χ4n) is 1.52. The third-order valence-corrected chi connectivity index (χ3v) is 2.35. The number of hydrogen-bond donors (Lipinski definition) is 2. The maximum absolute atomic E-state index is 11.8. The molecule has 0 radical (unpaired) electrons. The van der Waals surface area contributed by atoms with Gasteiger partial charge in [0.05, 0.1) is 19.2 Å². The molecule has 1 rings (SSSR count). The molecule has 0 saturated carbocycles. The summed E-state index contributed by atoms with van der Waals surface area (Å²) in [6.07, 6.45) is 0.545. The zero-order valence-electron chi connectivity index (χ0n) is 11.2. The van der Waals surface area contributed by atoms with E-state index in [2.05, 4.69) is 15.8 Å². The van der Waals surface area contributed by atoms with Crippen molar-refractivity contribution < 1.29 is 14.3 Å². The number of nitrogens with one attached hydrogen (secondary N) is 2. The Morgan fingerprint density at radius 2 is 2.21 bits per heavy atom. The summed E-state index contributed by atoms with van der Waals surface area (Å²) in [6, 6.07) is 5.52. The fourth-order valence-corrected chi connectivity index (χ4v) is 1.52. The Bertz CT molecular complexity index is 498. The molecule has 6 nitrogen and oxygen atoms in total. The van der Waals surface area contributed by atoms with E-state index in [1.807, 2.05) is 19.1 Å². The predicted octanol–water partition coefficient (Wildman–Crippen LogP) is 1.45. The highest BCUT2D eigenvalue weighted by Gasteiger charge is 2.09. The van der Waals surface area contributed by atoms with Gasteiger partial charge in [-0.05, 0) is 31.5 Å². The third-order valence-electron chi connectivity index (χ3n) is 2.35. The molecule has 2 amide bonds. The first-order chi connectivity index (χ1) is 9.06. The Morgan fingerprint density at radius 1 is 1.47 bits per heavy atom. The van der Waals surface area contributed by atoms with E-state index in [4.69, 9.17) is 4.74 Å². The molecular formula is C13H17N3O3. The van der Waals surface area contributed by atoms with Gasteiger partial charge in [0.25, 0.3) is 0 Å². The molecule has 19 heavy (non-hydrogen) atoms. The second kappa shape index (κ2) is 7.15. The highest BCUT2D eigenvalue weighted by atomic mass is 16.5. The van der Waals surface area contributed by atoms with Crippen LogP contribution in [0.3, 0.4) is 0 Å². The van der Waals surface area contributed by atoms with Gasteiger partial charge in [0.2, 0.25) is 12.3 Å². The van der Waals surface area contributed by atoms with Crippen LogP contribution in [0.2, 0.25) is 0 Å². The van der Waals surface area contributed by atoms with E-state index in [1.165, 1.54) is 0 Å². The SMILES string of the molecule is COc1ccc(C)cc1NC(=O)C/C(C)=N/NC=O. The molecule has 0 unspecified atom stereocenters. The highest BCUT2D eigenvalue weighted by Crippen LogP contribution is 2.25. The maximum Gasteiger partial charge on any atom is 0.230 e. The smallest absolute Gasteiger partial charge is 0.230 e. The Labute approximate surface area is 111 Å². The molecule has 0 saturated heterocycles. The summed E-state index contributed by atoms with van der Waals surface area (Å²) in [5.41, 5.74) is 4.29. The van der Waals surface area contributed by atoms with E-state index >= 15 is 0 Å². The molecule has 0 aliphatic rings. The Hall–Kier alpha value is -2.37. The van der Waals surface area contributed by atoms with Gasteiger partial charge in [0.1, 0.15) is 5.75 Å². The molecular weight excluding hydrogens is 246 g/mol. The zero-order chi connectivity index (χ0) is 14.3. The van der Waals surface area contributed by atoms with Crippen molar-refractivity contribution in [2.75, 3.05) is 12.4 Å². The topological polar surface area (TPSA) is 79.8 Å². The second-order valence-corrected chi connectivity index (χ2v) is 4.02. The van der Waals surface area contributed by atoms with E-state index in [9.17, 15) is 9.59 Å². The number of hydrogen-bond acceptors (Lipinski definition) is 4. The van der Waals surface area contributed by atoms with Crippen LogP contribution < -0.4 is 15.5 Å². The molecule has 0 atom stereocenters. The van der Waals surface area contributed by atoms with Crippen LogP contribution in [0.15, 0.2) is 23.3 Å². The highest BCUT2D eigenvalue weighted by molar-refractivity contribution is 6.06. The van der Waals surface area contributed by atoms with Crippen LogP contribution in [-0.4, -0.2) is 25.1 Å². The van der Waals surface area contributed by atoms with Crippen LogP contribution in [0.4, 0.5) is 5.69 Å². The van der Waals surface area contributed by atoms with Crippen LogP contribution in [0.5, 0.6) is 5.75 Å². The van der Waals surface area contributed by atoms with E-state index < -0.39 is 0 Å². The van der Waals surface area contributed by atoms with Gasteiger partial charge >= 0.3 is 0 Å². The molecule has 0 bridgehead atoms. The molecule has 0 fully saturated rings. The lowest BCUT2D eigenvalue weighted by atomic mass is 10.2. The molecule has 1 aromatic rings. The van der Waals surface area contributed by atoms with Crippen LogP contribution in [0.1, 0.15) is 18.9 Å². The molecule has 0 spiro atoms. The molecule has 6 heteroatoms. The van der Waals surface area contributed by atoms with Crippen LogP contribution in [0, 0.1) is 6.92 Å². The van der Waals surface area contributed by atoms with Crippen molar-refractivity contribution >= 4 is 23.7 Å². The normalized spacial score (nSPS) is 10.8. The van der Waals surface area contributed by atoms with Crippen LogP contribution in [0.25, 0.3) is 0 Å². The quantitative estimate of drug-likeness (QED) is 0.463. The lowest BCUT2D eigenvalue weighted by Gasteiger charge is -2.10. The predicted molar refractivity (Wildman–Crippen MR) is 73.3 cm³/mol. The molecule has 102 valence electrons. The van der Waals surface area contributed by atoms with Gasteiger partial charge in [-0.1, -0.05) is 6.07 Å². The number of ether oxygens (including phenoxy) is 1. The van der Waals surface area contributed by atoms with E-state index in [0.29, 0.717) is 23.6 Å². The lowest BCUT2D eigenvalue weighted by Crippen LogP contribution is -2.17. The maximum atomic E-state index is 11.8. The first-order valence-electron chi connectivity index (χ1n) is 5.73. The number of benzene rings is 1. The minimum absolute atomic E-state index is 0.0952. The summed E-state index contributed by atoms with van der Waals surface area (Å²) in [5.74, 6) is 0.373. The number of carbonyl (C=O) groups excluding carboxylic acids is 2. The monoisotopic (exact) mass is 263 g/mol. The van der Waals surface area contributed by atoms with Crippen molar-refractivity contribution in [1.29, 1.82) is 0 Å². The zero-order valence-corrected chi connectivity index (χ0v) is 11.2. The minimum Gasteiger partial charge on any atom is -0.495 e. The Morgan fingerprint density at radius 3 is 2.84 bits per heavy atom. The summed E-state index contributed by atoms with van der Waals surface area (Å²) >= 11 is 0. The van der Waals surface area contributed by atoms with E-state index in [0.717, 1.165) is 5.56 Å². The van der Waals surface area contributed by atoms with E-state index in [-0.39, 0.29) is 12.3 Å². The number of nitrogens with zero attached hydrogens (tertiary/aromatic N) is 1. The van der Waals surface area contributed by atoms with Crippen molar-refractivity contribution in [3.8, 4) is 5.75 Å². The number of hydrazone groups is 1. The summed E-state index contributed by atoms with van der Waals surface area (Å²) in [4.78, 5) is 21.9. The lowest BCUT2D eigenvalue weighted by molar-refractivity contribution is -0.115. The van der Waals surface area contributed by atoms with Gasteiger partial charge in [-0.3, -0.25) is 9.59 Å².